The molecular formula is C17H26N4. The molecule has 2 N–H and O–H groups in total. The first-order valence-corrected chi connectivity index (χ1v) is 7.62. The van der Waals surface area contributed by atoms with Gasteiger partial charge >= 0.3 is 0 Å². The molecule has 1 atom stereocenters. The van der Waals surface area contributed by atoms with Gasteiger partial charge in [-0.3, -0.25) is 9.58 Å². The average Bonchev–Trinajstić information content (AvgIpc) is 2.88. The summed E-state index contributed by atoms with van der Waals surface area (Å²) in [4.78, 5) is 2.29. The molecule has 114 valence electrons. The molecule has 0 aliphatic rings. The predicted octanol–water partition coefficient (Wildman–Crippen LogP) is 2.73. The molecule has 0 aliphatic heterocycles. The van der Waals surface area contributed by atoms with Crippen LogP contribution in [0.1, 0.15) is 36.1 Å². The van der Waals surface area contributed by atoms with Crippen molar-refractivity contribution < 1.29 is 0 Å². The number of hydrogen-bond donors (Lipinski definition) is 1. The Hall–Kier alpha value is -1.65. The van der Waals surface area contributed by atoms with Gasteiger partial charge in [0, 0.05) is 31.4 Å². The van der Waals surface area contributed by atoms with Crippen LogP contribution in [0.25, 0.3) is 0 Å². The van der Waals surface area contributed by atoms with Crippen LogP contribution < -0.4 is 5.73 Å². The van der Waals surface area contributed by atoms with Crippen molar-refractivity contribution in [1.29, 1.82) is 0 Å². The highest BCUT2D eigenvalue weighted by atomic mass is 15.3. The summed E-state index contributed by atoms with van der Waals surface area (Å²) in [6, 6.07) is 8.83. The van der Waals surface area contributed by atoms with Crippen LogP contribution in [-0.2, 0) is 13.1 Å². The number of benzene rings is 1. The lowest BCUT2D eigenvalue weighted by molar-refractivity contribution is 0.241. The van der Waals surface area contributed by atoms with Gasteiger partial charge in [0.15, 0.2) is 0 Å². The van der Waals surface area contributed by atoms with E-state index in [1.807, 2.05) is 10.9 Å². The van der Waals surface area contributed by atoms with E-state index in [4.69, 9.17) is 5.73 Å². The summed E-state index contributed by atoms with van der Waals surface area (Å²) in [5.74, 6) is 0. The van der Waals surface area contributed by atoms with Crippen molar-refractivity contribution in [2.24, 2.45) is 5.73 Å². The van der Waals surface area contributed by atoms with E-state index in [2.05, 4.69) is 61.4 Å². The quantitative estimate of drug-likeness (QED) is 0.851. The third-order valence-corrected chi connectivity index (χ3v) is 3.76. The largest absolute Gasteiger partial charge is 0.329 e. The Morgan fingerprint density at radius 1 is 1.38 bits per heavy atom. The minimum atomic E-state index is 0.205. The maximum absolute atomic E-state index is 5.99. The second-order valence-corrected chi connectivity index (χ2v) is 5.69. The lowest BCUT2D eigenvalue weighted by Gasteiger charge is -2.26. The number of aromatic nitrogens is 2. The molecule has 0 fully saturated rings. The van der Waals surface area contributed by atoms with E-state index in [1.54, 1.807) is 0 Å². The molecule has 2 aromatic rings. The third kappa shape index (κ3) is 4.16. The second-order valence-electron chi connectivity index (χ2n) is 5.69. The lowest BCUT2D eigenvalue weighted by Crippen LogP contribution is -2.30. The summed E-state index contributed by atoms with van der Waals surface area (Å²) >= 11 is 0. The average molecular weight is 286 g/mol. The van der Waals surface area contributed by atoms with Crippen molar-refractivity contribution in [3.63, 3.8) is 0 Å². The first kappa shape index (κ1) is 15.7. The van der Waals surface area contributed by atoms with E-state index in [1.165, 1.54) is 16.7 Å². The maximum atomic E-state index is 5.99. The summed E-state index contributed by atoms with van der Waals surface area (Å²) in [7, 11) is 2.12. The van der Waals surface area contributed by atoms with Crippen LogP contribution >= 0.6 is 0 Å². The van der Waals surface area contributed by atoms with E-state index >= 15 is 0 Å². The number of aryl methyl sites for hydroxylation is 2. The highest BCUT2D eigenvalue weighted by molar-refractivity contribution is 5.22. The Balaban J connectivity index is 2.08. The molecule has 0 radical (unpaired) electrons. The fourth-order valence-corrected chi connectivity index (χ4v) is 2.68. The normalized spacial score (nSPS) is 12.8. The molecule has 4 nitrogen and oxygen atoms in total. The van der Waals surface area contributed by atoms with Gasteiger partial charge in [-0.25, -0.2) is 0 Å². The van der Waals surface area contributed by atoms with Crippen molar-refractivity contribution in [3.8, 4) is 0 Å². The Bertz CT molecular complexity index is 561. The first-order chi connectivity index (χ1) is 10.1. The monoisotopic (exact) mass is 286 g/mol. The molecule has 1 aromatic heterocycles. The van der Waals surface area contributed by atoms with Crippen LogP contribution in [-0.4, -0.2) is 28.3 Å². The lowest BCUT2D eigenvalue weighted by atomic mass is 10.1. The number of hydrogen-bond acceptors (Lipinski definition) is 3. The zero-order chi connectivity index (χ0) is 15.2. The smallest absolute Gasteiger partial charge is 0.0538 e. The van der Waals surface area contributed by atoms with Gasteiger partial charge in [-0.1, -0.05) is 36.8 Å². The van der Waals surface area contributed by atoms with E-state index < -0.39 is 0 Å². The molecule has 21 heavy (non-hydrogen) atoms. The van der Waals surface area contributed by atoms with Crippen LogP contribution in [0.3, 0.4) is 0 Å². The summed E-state index contributed by atoms with van der Waals surface area (Å²) < 4.78 is 2.00. The summed E-state index contributed by atoms with van der Waals surface area (Å²) in [5.41, 5.74) is 9.80. The second kappa shape index (κ2) is 7.38. The van der Waals surface area contributed by atoms with Crippen molar-refractivity contribution in [3.05, 3.63) is 53.3 Å². The van der Waals surface area contributed by atoms with E-state index in [-0.39, 0.29) is 6.04 Å². The highest BCUT2D eigenvalue weighted by Crippen LogP contribution is 2.20. The van der Waals surface area contributed by atoms with Crippen LogP contribution in [0.15, 0.2) is 36.7 Å². The Morgan fingerprint density at radius 2 is 2.19 bits per heavy atom. The van der Waals surface area contributed by atoms with Gasteiger partial charge in [-0.2, -0.15) is 5.10 Å². The highest BCUT2D eigenvalue weighted by Gasteiger charge is 2.17. The molecule has 4 heteroatoms. The van der Waals surface area contributed by atoms with E-state index in [9.17, 15) is 0 Å². The minimum absolute atomic E-state index is 0.205. The molecule has 1 aromatic carbocycles. The topological polar surface area (TPSA) is 47.1 Å². The van der Waals surface area contributed by atoms with Gasteiger partial charge in [0.1, 0.15) is 0 Å². The van der Waals surface area contributed by atoms with Crippen LogP contribution in [0, 0.1) is 6.92 Å². The fraction of sp³-hybridized carbons (Fsp3) is 0.471. The van der Waals surface area contributed by atoms with Crippen molar-refractivity contribution in [2.75, 3.05) is 13.6 Å². The molecule has 2 rings (SSSR count). The molecule has 0 spiro atoms. The van der Waals surface area contributed by atoms with Gasteiger partial charge in [-0.05, 0) is 26.0 Å². The van der Waals surface area contributed by atoms with Gasteiger partial charge in [0.25, 0.3) is 0 Å². The molecule has 1 heterocycles. The van der Waals surface area contributed by atoms with E-state index in [0.717, 1.165) is 19.5 Å². The SMILES string of the molecule is CCCn1cc(C(CN)N(C)Cc2cccc(C)c2)cn1. The standard InChI is InChI=1S/C17H26N4/c1-4-8-21-13-16(11-19-21)17(10-18)20(3)12-15-7-5-6-14(2)9-15/h5-7,9,11,13,17H,4,8,10,12,18H2,1-3H3. The third-order valence-electron chi connectivity index (χ3n) is 3.76. The van der Waals surface area contributed by atoms with Gasteiger partial charge < -0.3 is 5.73 Å². The van der Waals surface area contributed by atoms with Crippen molar-refractivity contribution in [1.82, 2.24) is 14.7 Å². The summed E-state index contributed by atoms with van der Waals surface area (Å²) in [6.45, 7) is 6.73. The number of rotatable bonds is 7. The number of nitrogens with two attached hydrogens (primary N) is 1. The molecule has 0 saturated heterocycles. The number of likely N-dealkylation sites (N-methyl/N-ethyl adjacent to an activating group) is 1. The molecular weight excluding hydrogens is 260 g/mol. The van der Waals surface area contributed by atoms with Gasteiger partial charge in [0.2, 0.25) is 0 Å². The maximum Gasteiger partial charge on any atom is 0.0538 e. The van der Waals surface area contributed by atoms with Gasteiger partial charge in [0.05, 0.1) is 12.2 Å². The fourth-order valence-electron chi connectivity index (χ4n) is 2.68. The number of nitrogens with zero attached hydrogens (tertiary/aromatic N) is 3. The van der Waals surface area contributed by atoms with Crippen LogP contribution in [0.2, 0.25) is 0 Å². The Kier molecular flexibility index (Phi) is 5.53. The molecule has 0 saturated carbocycles. The van der Waals surface area contributed by atoms with Gasteiger partial charge in [-0.15, -0.1) is 0 Å². The molecule has 0 amide bonds. The first-order valence-electron chi connectivity index (χ1n) is 7.62. The molecule has 1 unspecified atom stereocenters. The Morgan fingerprint density at radius 3 is 2.86 bits per heavy atom. The Labute approximate surface area is 127 Å². The predicted molar refractivity (Wildman–Crippen MR) is 87.0 cm³/mol. The van der Waals surface area contributed by atoms with Crippen molar-refractivity contribution in [2.45, 2.75) is 39.4 Å². The molecule has 0 bridgehead atoms. The van der Waals surface area contributed by atoms with E-state index in [0.29, 0.717) is 6.54 Å². The van der Waals surface area contributed by atoms with Crippen LogP contribution in [0.4, 0.5) is 0 Å². The summed E-state index contributed by atoms with van der Waals surface area (Å²) in [5, 5.41) is 4.41. The summed E-state index contributed by atoms with van der Waals surface area (Å²) in [6.07, 6.45) is 5.15. The minimum Gasteiger partial charge on any atom is -0.329 e. The van der Waals surface area contributed by atoms with Crippen molar-refractivity contribution >= 4 is 0 Å². The zero-order valence-electron chi connectivity index (χ0n) is 13.3. The van der Waals surface area contributed by atoms with Crippen LogP contribution in [0.5, 0.6) is 0 Å². The molecule has 0 aliphatic carbocycles. The zero-order valence-corrected chi connectivity index (χ0v) is 13.3.